The number of hydrogen-bond donors (Lipinski definition) is 1. The number of carbonyl (C=O) groups excluding carboxylic acids is 2. The maximum atomic E-state index is 14.0. The molecule has 2 aromatic carbocycles. The van der Waals surface area contributed by atoms with Crippen LogP contribution in [0.4, 0.5) is 10.1 Å². The van der Waals surface area contributed by atoms with Crippen molar-refractivity contribution >= 4 is 17.5 Å². The Kier molecular flexibility index (Phi) is 6.49. The summed E-state index contributed by atoms with van der Waals surface area (Å²) >= 11 is 0. The molecule has 166 valence electrons. The summed E-state index contributed by atoms with van der Waals surface area (Å²) in [6.45, 7) is 4.85. The molecule has 32 heavy (non-hydrogen) atoms. The first-order valence-corrected chi connectivity index (χ1v) is 10.7. The highest BCUT2D eigenvalue weighted by atomic mass is 19.1. The van der Waals surface area contributed by atoms with E-state index in [4.69, 9.17) is 0 Å². The molecule has 2 amide bonds. The van der Waals surface area contributed by atoms with E-state index in [-0.39, 0.29) is 30.5 Å². The first-order chi connectivity index (χ1) is 15.5. The minimum absolute atomic E-state index is 0.0248. The molecule has 1 saturated heterocycles. The molecule has 1 fully saturated rings. The normalized spacial score (nSPS) is 13.8. The average molecular weight is 436 g/mol. The predicted octanol–water partition coefficient (Wildman–Crippen LogP) is 2.79. The Morgan fingerprint density at radius 3 is 2.41 bits per heavy atom. The van der Waals surface area contributed by atoms with Crippen LogP contribution in [0, 0.1) is 12.7 Å². The molecule has 1 N–H and O–H groups in total. The molecule has 2 heterocycles. The van der Waals surface area contributed by atoms with Crippen molar-refractivity contribution in [3.63, 3.8) is 0 Å². The van der Waals surface area contributed by atoms with Gasteiger partial charge in [-0.1, -0.05) is 30.3 Å². The van der Waals surface area contributed by atoms with Crippen LogP contribution in [0.3, 0.4) is 0 Å². The van der Waals surface area contributed by atoms with Crippen molar-refractivity contribution < 1.29 is 14.0 Å². The fourth-order valence-electron chi connectivity index (χ4n) is 3.89. The van der Waals surface area contributed by atoms with Crippen molar-refractivity contribution in [1.82, 2.24) is 20.0 Å². The molecule has 3 aromatic rings. The van der Waals surface area contributed by atoms with Gasteiger partial charge in [-0.25, -0.2) is 9.07 Å². The first-order valence-electron chi connectivity index (χ1n) is 10.7. The zero-order valence-electron chi connectivity index (χ0n) is 18.0. The summed E-state index contributed by atoms with van der Waals surface area (Å²) in [7, 11) is 0. The zero-order chi connectivity index (χ0) is 22.5. The average Bonchev–Trinajstić information content (AvgIpc) is 3.21. The van der Waals surface area contributed by atoms with E-state index in [0.717, 1.165) is 18.8 Å². The summed E-state index contributed by atoms with van der Waals surface area (Å²) in [6.07, 6.45) is 1.65. The smallest absolute Gasteiger partial charge is 0.254 e. The SMILES string of the molecule is Cc1c(C(=O)NCCC(=O)N2CCN(c3ccccc3)CC2)cnn1-c1ccccc1F. The van der Waals surface area contributed by atoms with Gasteiger partial charge in [0.25, 0.3) is 5.91 Å². The van der Waals surface area contributed by atoms with Gasteiger partial charge in [-0.05, 0) is 31.2 Å². The van der Waals surface area contributed by atoms with Gasteiger partial charge in [0, 0.05) is 44.8 Å². The molecule has 4 rings (SSSR count). The van der Waals surface area contributed by atoms with Crippen LogP contribution >= 0.6 is 0 Å². The van der Waals surface area contributed by atoms with Crippen LogP contribution in [0.1, 0.15) is 22.5 Å². The summed E-state index contributed by atoms with van der Waals surface area (Å²) in [5, 5.41) is 6.93. The number of benzene rings is 2. The highest BCUT2D eigenvalue weighted by Crippen LogP contribution is 2.18. The molecular weight excluding hydrogens is 409 g/mol. The topological polar surface area (TPSA) is 70.5 Å². The van der Waals surface area contributed by atoms with Gasteiger partial charge >= 0.3 is 0 Å². The van der Waals surface area contributed by atoms with Crippen LogP contribution in [0.5, 0.6) is 0 Å². The van der Waals surface area contributed by atoms with Gasteiger partial charge in [0.1, 0.15) is 11.5 Å². The maximum absolute atomic E-state index is 14.0. The lowest BCUT2D eigenvalue weighted by molar-refractivity contribution is -0.131. The molecule has 0 atom stereocenters. The highest BCUT2D eigenvalue weighted by molar-refractivity contribution is 5.95. The minimum Gasteiger partial charge on any atom is -0.368 e. The molecule has 7 nitrogen and oxygen atoms in total. The zero-order valence-corrected chi connectivity index (χ0v) is 18.0. The quantitative estimate of drug-likeness (QED) is 0.647. The molecule has 0 aliphatic carbocycles. The van der Waals surface area contributed by atoms with E-state index in [1.165, 1.54) is 16.9 Å². The lowest BCUT2D eigenvalue weighted by atomic mass is 10.2. The van der Waals surface area contributed by atoms with Crippen LogP contribution in [-0.4, -0.2) is 59.2 Å². The van der Waals surface area contributed by atoms with Gasteiger partial charge in [0.05, 0.1) is 17.5 Å². The van der Waals surface area contributed by atoms with Crippen LogP contribution in [-0.2, 0) is 4.79 Å². The third-order valence-corrected chi connectivity index (χ3v) is 5.71. The first kappa shape index (κ1) is 21.5. The van der Waals surface area contributed by atoms with Gasteiger partial charge < -0.3 is 15.1 Å². The Hall–Kier alpha value is -3.68. The third kappa shape index (κ3) is 4.64. The van der Waals surface area contributed by atoms with E-state index < -0.39 is 5.82 Å². The predicted molar refractivity (Wildman–Crippen MR) is 120 cm³/mol. The molecule has 1 aliphatic heterocycles. The molecule has 0 bridgehead atoms. The van der Waals surface area contributed by atoms with E-state index in [0.29, 0.717) is 24.3 Å². The summed E-state index contributed by atoms with van der Waals surface area (Å²) in [5.41, 5.74) is 2.35. The van der Waals surface area contributed by atoms with Gasteiger partial charge in [0.15, 0.2) is 0 Å². The van der Waals surface area contributed by atoms with Gasteiger partial charge in [-0.15, -0.1) is 0 Å². The number of hydrogen-bond acceptors (Lipinski definition) is 4. The Labute approximate surface area is 186 Å². The summed E-state index contributed by atoms with van der Waals surface area (Å²) < 4.78 is 15.5. The molecule has 8 heteroatoms. The molecule has 0 unspecified atom stereocenters. The maximum Gasteiger partial charge on any atom is 0.254 e. The summed E-state index contributed by atoms with van der Waals surface area (Å²) in [4.78, 5) is 29.2. The molecule has 0 radical (unpaired) electrons. The lowest BCUT2D eigenvalue weighted by Gasteiger charge is -2.36. The number of amides is 2. The highest BCUT2D eigenvalue weighted by Gasteiger charge is 2.22. The number of aromatic nitrogens is 2. The standard InChI is InChI=1S/C24H26FN5O2/c1-18-20(17-27-30(18)22-10-6-5-9-21(22)25)24(32)26-12-11-23(31)29-15-13-28(14-16-29)19-7-3-2-4-8-19/h2-10,17H,11-16H2,1H3,(H,26,32). The van der Waals surface area contributed by atoms with Crippen molar-refractivity contribution in [1.29, 1.82) is 0 Å². The Morgan fingerprint density at radius 2 is 1.69 bits per heavy atom. The van der Waals surface area contributed by atoms with E-state index in [1.54, 1.807) is 25.1 Å². The number of rotatable bonds is 6. The fourth-order valence-corrected chi connectivity index (χ4v) is 3.89. The van der Waals surface area contributed by atoms with Gasteiger partial charge in [0.2, 0.25) is 5.91 Å². The number of nitrogens with one attached hydrogen (secondary N) is 1. The van der Waals surface area contributed by atoms with E-state index >= 15 is 0 Å². The number of piperazine rings is 1. The van der Waals surface area contributed by atoms with Crippen molar-refractivity contribution in [2.75, 3.05) is 37.6 Å². The lowest BCUT2D eigenvalue weighted by Crippen LogP contribution is -2.49. The molecule has 1 aromatic heterocycles. The summed E-state index contributed by atoms with van der Waals surface area (Å²) in [5.74, 6) is -0.716. The molecular formula is C24H26FN5O2. The minimum atomic E-state index is -0.413. The number of nitrogens with zero attached hydrogens (tertiary/aromatic N) is 4. The summed E-state index contributed by atoms with van der Waals surface area (Å²) in [6, 6.07) is 16.4. The van der Waals surface area contributed by atoms with E-state index in [9.17, 15) is 14.0 Å². The Morgan fingerprint density at radius 1 is 1.00 bits per heavy atom. The van der Waals surface area contributed by atoms with Gasteiger partial charge in [-0.2, -0.15) is 5.10 Å². The van der Waals surface area contributed by atoms with Crippen LogP contribution in [0.15, 0.2) is 60.8 Å². The van der Waals surface area contributed by atoms with E-state index in [1.807, 2.05) is 23.1 Å². The number of anilines is 1. The van der Waals surface area contributed by atoms with Crippen molar-refractivity contribution in [2.45, 2.75) is 13.3 Å². The van der Waals surface area contributed by atoms with Crippen molar-refractivity contribution in [3.05, 3.63) is 77.9 Å². The van der Waals surface area contributed by atoms with Crippen LogP contribution < -0.4 is 10.2 Å². The second kappa shape index (κ2) is 9.64. The monoisotopic (exact) mass is 435 g/mol. The van der Waals surface area contributed by atoms with Crippen LogP contribution in [0.2, 0.25) is 0 Å². The number of halogens is 1. The Bertz CT molecular complexity index is 1090. The fraction of sp³-hybridized carbons (Fsp3) is 0.292. The van der Waals surface area contributed by atoms with Gasteiger partial charge in [-0.3, -0.25) is 9.59 Å². The van der Waals surface area contributed by atoms with Crippen molar-refractivity contribution in [2.24, 2.45) is 0 Å². The molecule has 0 saturated carbocycles. The van der Waals surface area contributed by atoms with Crippen molar-refractivity contribution in [3.8, 4) is 5.69 Å². The number of carbonyl (C=O) groups is 2. The van der Waals surface area contributed by atoms with E-state index in [2.05, 4.69) is 27.4 Å². The second-order valence-electron chi connectivity index (χ2n) is 7.72. The molecule has 1 aliphatic rings. The third-order valence-electron chi connectivity index (χ3n) is 5.71. The number of para-hydroxylation sites is 2. The molecule has 0 spiro atoms. The largest absolute Gasteiger partial charge is 0.368 e. The van der Waals surface area contributed by atoms with Crippen LogP contribution in [0.25, 0.3) is 5.69 Å². The second-order valence-corrected chi connectivity index (χ2v) is 7.72. The Balaban J connectivity index is 1.27.